The van der Waals surface area contributed by atoms with Crippen LogP contribution in [0.3, 0.4) is 0 Å². The molecule has 3 N–H and O–H groups in total. The lowest BCUT2D eigenvalue weighted by Gasteiger charge is -2.36. The van der Waals surface area contributed by atoms with Crippen molar-refractivity contribution in [2.75, 3.05) is 30.3 Å². The van der Waals surface area contributed by atoms with Gasteiger partial charge in [-0.25, -0.2) is 4.98 Å². The van der Waals surface area contributed by atoms with Crippen molar-refractivity contribution in [3.8, 4) is 5.88 Å². The number of nitrogen functional groups attached to an aromatic ring is 1. The van der Waals surface area contributed by atoms with Gasteiger partial charge in [-0.2, -0.15) is 4.98 Å². The molecule has 0 atom stereocenters. The molecule has 0 saturated carbocycles. The Morgan fingerprint density at radius 3 is 2.72 bits per heavy atom. The second-order valence-electron chi connectivity index (χ2n) is 4.83. The third kappa shape index (κ3) is 2.64. The SMILES string of the molecule is CCOc1ncnc(N2CCC(C)(O)CC2)c1N. The smallest absolute Gasteiger partial charge is 0.242 e. The number of ether oxygens (including phenoxy) is 1. The highest BCUT2D eigenvalue weighted by Crippen LogP contribution is 2.31. The fourth-order valence-corrected chi connectivity index (χ4v) is 2.07. The summed E-state index contributed by atoms with van der Waals surface area (Å²) in [6.07, 6.45) is 2.88. The van der Waals surface area contributed by atoms with E-state index in [4.69, 9.17) is 10.5 Å². The van der Waals surface area contributed by atoms with E-state index < -0.39 is 5.60 Å². The van der Waals surface area contributed by atoms with E-state index in [1.165, 1.54) is 6.33 Å². The molecule has 6 heteroatoms. The minimum atomic E-state index is -0.582. The van der Waals surface area contributed by atoms with Gasteiger partial charge < -0.3 is 20.5 Å². The minimum Gasteiger partial charge on any atom is -0.476 e. The van der Waals surface area contributed by atoms with Crippen molar-refractivity contribution in [3.05, 3.63) is 6.33 Å². The van der Waals surface area contributed by atoms with Gasteiger partial charge in [-0.15, -0.1) is 0 Å². The van der Waals surface area contributed by atoms with Crippen LogP contribution in [0.2, 0.25) is 0 Å². The van der Waals surface area contributed by atoms with E-state index in [0.29, 0.717) is 36.8 Å². The van der Waals surface area contributed by atoms with E-state index in [0.717, 1.165) is 13.1 Å². The van der Waals surface area contributed by atoms with Gasteiger partial charge in [-0.1, -0.05) is 0 Å². The normalized spacial score (nSPS) is 18.7. The summed E-state index contributed by atoms with van der Waals surface area (Å²) >= 11 is 0. The molecule has 1 saturated heterocycles. The van der Waals surface area contributed by atoms with Crippen LogP contribution in [0.25, 0.3) is 0 Å². The molecule has 0 bridgehead atoms. The maximum Gasteiger partial charge on any atom is 0.242 e. The molecule has 0 radical (unpaired) electrons. The summed E-state index contributed by atoms with van der Waals surface area (Å²) < 4.78 is 5.36. The Labute approximate surface area is 107 Å². The number of aliphatic hydroxyl groups is 1. The Hall–Kier alpha value is -1.56. The number of hydrogen-bond donors (Lipinski definition) is 2. The summed E-state index contributed by atoms with van der Waals surface area (Å²) in [6.45, 7) is 5.74. The first kappa shape index (κ1) is 12.9. The number of nitrogens with zero attached hydrogens (tertiary/aromatic N) is 3. The molecule has 1 aliphatic heterocycles. The summed E-state index contributed by atoms with van der Waals surface area (Å²) in [5, 5.41) is 9.93. The quantitative estimate of drug-likeness (QED) is 0.828. The molecule has 0 unspecified atom stereocenters. The molecular formula is C12H20N4O2. The van der Waals surface area contributed by atoms with Gasteiger partial charge in [0.05, 0.1) is 12.2 Å². The average molecular weight is 252 g/mol. The molecule has 1 fully saturated rings. The molecule has 2 heterocycles. The van der Waals surface area contributed by atoms with Crippen LogP contribution < -0.4 is 15.4 Å². The largest absolute Gasteiger partial charge is 0.476 e. The molecule has 0 aliphatic carbocycles. The van der Waals surface area contributed by atoms with Crippen LogP contribution in [0.4, 0.5) is 11.5 Å². The number of piperidine rings is 1. The second kappa shape index (κ2) is 4.97. The van der Waals surface area contributed by atoms with Crippen LogP contribution in [0.5, 0.6) is 5.88 Å². The van der Waals surface area contributed by atoms with Crippen LogP contribution in [0.15, 0.2) is 6.33 Å². The Bertz CT molecular complexity index is 413. The van der Waals surface area contributed by atoms with Crippen molar-refractivity contribution in [1.82, 2.24) is 9.97 Å². The monoisotopic (exact) mass is 252 g/mol. The van der Waals surface area contributed by atoms with Crippen molar-refractivity contribution in [1.29, 1.82) is 0 Å². The van der Waals surface area contributed by atoms with Gasteiger partial charge in [0.25, 0.3) is 0 Å². The molecule has 1 aromatic rings. The van der Waals surface area contributed by atoms with Crippen molar-refractivity contribution in [2.24, 2.45) is 0 Å². The number of aromatic nitrogens is 2. The van der Waals surface area contributed by atoms with Crippen LogP contribution >= 0.6 is 0 Å². The molecular weight excluding hydrogens is 232 g/mol. The van der Waals surface area contributed by atoms with Gasteiger partial charge in [0.2, 0.25) is 5.88 Å². The molecule has 0 amide bonds. The van der Waals surface area contributed by atoms with Crippen LogP contribution in [-0.4, -0.2) is 40.4 Å². The van der Waals surface area contributed by atoms with E-state index in [2.05, 4.69) is 14.9 Å². The fourth-order valence-electron chi connectivity index (χ4n) is 2.07. The fraction of sp³-hybridized carbons (Fsp3) is 0.667. The van der Waals surface area contributed by atoms with Crippen molar-refractivity contribution >= 4 is 11.5 Å². The van der Waals surface area contributed by atoms with Gasteiger partial charge in [-0.05, 0) is 26.7 Å². The minimum absolute atomic E-state index is 0.430. The van der Waals surface area contributed by atoms with Crippen LogP contribution in [-0.2, 0) is 0 Å². The first-order valence-corrected chi connectivity index (χ1v) is 6.24. The molecule has 100 valence electrons. The molecule has 6 nitrogen and oxygen atoms in total. The Balaban J connectivity index is 2.16. The highest BCUT2D eigenvalue weighted by molar-refractivity contribution is 5.67. The predicted octanol–water partition coefficient (Wildman–Crippen LogP) is 0.809. The van der Waals surface area contributed by atoms with Crippen LogP contribution in [0, 0.1) is 0 Å². The first-order chi connectivity index (χ1) is 8.53. The van der Waals surface area contributed by atoms with Crippen molar-refractivity contribution in [3.63, 3.8) is 0 Å². The summed E-state index contributed by atoms with van der Waals surface area (Å²) in [7, 11) is 0. The van der Waals surface area contributed by atoms with Gasteiger partial charge in [0, 0.05) is 13.1 Å². The zero-order valence-corrected chi connectivity index (χ0v) is 10.9. The maximum atomic E-state index is 9.93. The first-order valence-electron chi connectivity index (χ1n) is 6.24. The molecule has 1 aromatic heterocycles. The number of hydrogen-bond acceptors (Lipinski definition) is 6. The van der Waals surface area contributed by atoms with Gasteiger partial charge >= 0.3 is 0 Å². The second-order valence-corrected chi connectivity index (χ2v) is 4.83. The summed E-state index contributed by atoms with van der Waals surface area (Å²) in [4.78, 5) is 10.3. The van der Waals surface area contributed by atoms with Gasteiger partial charge in [0.1, 0.15) is 12.0 Å². The topological polar surface area (TPSA) is 84.5 Å². The highest BCUT2D eigenvalue weighted by Gasteiger charge is 2.29. The molecule has 1 aliphatic rings. The Morgan fingerprint density at radius 1 is 1.44 bits per heavy atom. The third-order valence-corrected chi connectivity index (χ3v) is 3.25. The summed E-state index contributed by atoms with van der Waals surface area (Å²) in [5.41, 5.74) is 5.90. The molecule has 18 heavy (non-hydrogen) atoms. The number of nitrogens with two attached hydrogens (primary N) is 1. The summed E-state index contributed by atoms with van der Waals surface area (Å²) in [6, 6.07) is 0. The Kier molecular flexibility index (Phi) is 3.56. The number of rotatable bonds is 3. The zero-order chi connectivity index (χ0) is 13.2. The zero-order valence-electron chi connectivity index (χ0n) is 10.9. The molecule has 2 rings (SSSR count). The lowest BCUT2D eigenvalue weighted by Crippen LogP contribution is -2.43. The van der Waals surface area contributed by atoms with E-state index in [1.54, 1.807) is 0 Å². The number of anilines is 2. The molecule has 0 spiro atoms. The summed E-state index contributed by atoms with van der Waals surface area (Å²) in [5.74, 6) is 1.13. The van der Waals surface area contributed by atoms with E-state index in [9.17, 15) is 5.11 Å². The predicted molar refractivity (Wildman–Crippen MR) is 69.7 cm³/mol. The van der Waals surface area contributed by atoms with E-state index >= 15 is 0 Å². The molecule has 0 aromatic carbocycles. The Morgan fingerprint density at radius 2 is 2.11 bits per heavy atom. The van der Waals surface area contributed by atoms with Gasteiger partial charge in [-0.3, -0.25) is 0 Å². The van der Waals surface area contributed by atoms with Crippen molar-refractivity contribution < 1.29 is 9.84 Å². The highest BCUT2D eigenvalue weighted by atomic mass is 16.5. The lowest BCUT2D eigenvalue weighted by atomic mass is 9.94. The van der Waals surface area contributed by atoms with Crippen LogP contribution in [0.1, 0.15) is 26.7 Å². The average Bonchev–Trinajstić information content (AvgIpc) is 2.33. The third-order valence-electron chi connectivity index (χ3n) is 3.25. The maximum absolute atomic E-state index is 9.93. The van der Waals surface area contributed by atoms with E-state index in [-0.39, 0.29) is 0 Å². The van der Waals surface area contributed by atoms with Gasteiger partial charge in [0.15, 0.2) is 5.82 Å². The standard InChI is InChI=1S/C12H20N4O2/c1-3-18-11-9(13)10(14-8-15-11)16-6-4-12(2,17)5-7-16/h8,17H,3-7,13H2,1-2H3. The lowest BCUT2D eigenvalue weighted by molar-refractivity contribution is 0.0350. The van der Waals surface area contributed by atoms with E-state index in [1.807, 2.05) is 13.8 Å². The van der Waals surface area contributed by atoms with Crippen molar-refractivity contribution in [2.45, 2.75) is 32.3 Å².